The zero-order valence-corrected chi connectivity index (χ0v) is 21.4. The van der Waals surface area contributed by atoms with Gasteiger partial charge < -0.3 is 9.47 Å². The maximum absolute atomic E-state index is 5.40. The minimum absolute atomic E-state index is 0.0379. The molecule has 4 aromatic carbocycles. The third kappa shape index (κ3) is 4.52. The lowest BCUT2D eigenvalue weighted by Gasteiger charge is -2.23. The Bertz CT molecular complexity index is 1540. The Morgan fingerprint density at radius 3 is 1.79 bits per heavy atom. The highest BCUT2D eigenvalue weighted by atomic mass is 16.5. The molecule has 1 aliphatic heterocycles. The number of para-hydroxylation sites is 2. The molecule has 2 heterocycles. The summed E-state index contributed by atoms with van der Waals surface area (Å²) in [6, 6.07) is 36.7. The van der Waals surface area contributed by atoms with Gasteiger partial charge in [-0.1, -0.05) is 36.4 Å². The third-order valence-electron chi connectivity index (χ3n) is 6.84. The average Bonchev–Trinajstić information content (AvgIpc) is 3.64. The first-order valence-electron chi connectivity index (χ1n) is 12.6. The first kappa shape index (κ1) is 23.6. The van der Waals surface area contributed by atoms with E-state index < -0.39 is 0 Å². The van der Waals surface area contributed by atoms with Crippen LogP contribution in [0.3, 0.4) is 0 Å². The predicted molar refractivity (Wildman–Crippen MR) is 151 cm³/mol. The molecule has 0 saturated heterocycles. The van der Waals surface area contributed by atoms with E-state index in [9.17, 15) is 0 Å². The lowest BCUT2D eigenvalue weighted by atomic mass is 9.96. The fourth-order valence-electron chi connectivity index (χ4n) is 4.85. The molecule has 0 aliphatic carbocycles. The van der Waals surface area contributed by atoms with Crippen LogP contribution in [0.15, 0.2) is 120 Å². The Balaban J connectivity index is 1.47. The SMILES string of the molecule is COc1ccc(C2=NN(c3ccccc3)C(c3cn(-c4ccccc4)nc3-c3ccc(OC)cc3)C2)cc1. The van der Waals surface area contributed by atoms with Crippen molar-refractivity contribution in [3.05, 3.63) is 127 Å². The lowest BCUT2D eigenvalue weighted by molar-refractivity contribution is 0.414. The summed E-state index contributed by atoms with van der Waals surface area (Å²) in [7, 11) is 3.36. The fourth-order valence-corrected chi connectivity index (χ4v) is 4.85. The Morgan fingerprint density at radius 2 is 1.21 bits per heavy atom. The summed E-state index contributed by atoms with van der Waals surface area (Å²) in [6.07, 6.45) is 2.88. The van der Waals surface area contributed by atoms with Crippen molar-refractivity contribution in [2.24, 2.45) is 5.10 Å². The molecule has 0 radical (unpaired) electrons. The molecule has 5 aromatic rings. The molecule has 1 aromatic heterocycles. The molecular formula is C32H28N4O2. The van der Waals surface area contributed by atoms with E-state index in [1.54, 1.807) is 14.2 Å². The number of benzene rings is 4. The second-order valence-electron chi connectivity index (χ2n) is 9.12. The number of methoxy groups -OCH3 is 2. The summed E-state index contributed by atoms with van der Waals surface area (Å²) in [4.78, 5) is 0. The maximum atomic E-state index is 5.40. The van der Waals surface area contributed by atoms with Gasteiger partial charge in [0.05, 0.1) is 43.0 Å². The molecule has 188 valence electrons. The van der Waals surface area contributed by atoms with Crippen molar-refractivity contribution < 1.29 is 9.47 Å². The van der Waals surface area contributed by atoms with Crippen molar-refractivity contribution in [2.45, 2.75) is 12.5 Å². The molecule has 6 nitrogen and oxygen atoms in total. The highest BCUT2D eigenvalue weighted by Crippen LogP contribution is 2.41. The molecule has 1 aliphatic rings. The molecule has 38 heavy (non-hydrogen) atoms. The average molecular weight is 501 g/mol. The summed E-state index contributed by atoms with van der Waals surface area (Å²) in [5.41, 5.74) is 7.21. The van der Waals surface area contributed by atoms with Crippen molar-refractivity contribution in [2.75, 3.05) is 19.2 Å². The number of nitrogens with zero attached hydrogens (tertiary/aromatic N) is 4. The van der Waals surface area contributed by atoms with Gasteiger partial charge in [0, 0.05) is 23.7 Å². The Labute approximate surface area is 222 Å². The summed E-state index contributed by atoms with van der Waals surface area (Å²) in [6.45, 7) is 0. The second kappa shape index (κ2) is 10.3. The van der Waals surface area contributed by atoms with Crippen LogP contribution in [-0.4, -0.2) is 29.7 Å². The van der Waals surface area contributed by atoms with Crippen molar-refractivity contribution in [3.63, 3.8) is 0 Å². The van der Waals surface area contributed by atoms with Crippen molar-refractivity contribution >= 4 is 11.4 Å². The quantitative estimate of drug-likeness (QED) is 0.244. The van der Waals surface area contributed by atoms with Crippen LogP contribution in [0, 0.1) is 0 Å². The van der Waals surface area contributed by atoms with E-state index >= 15 is 0 Å². The van der Waals surface area contributed by atoms with E-state index in [-0.39, 0.29) is 6.04 Å². The number of aromatic nitrogens is 2. The number of rotatable bonds is 7. The van der Waals surface area contributed by atoms with Gasteiger partial charge in [0.15, 0.2) is 0 Å². The zero-order valence-electron chi connectivity index (χ0n) is 21.4. The van der Waals surface area contributed by atoms with Gasteiger partial charge in [-0.05, 0) is 78.4 Å². The van der Waals surface area contributed by atoms with Gasteiger partial charge in [-0.2, -0.15) is 10.2 Å². The number of ether oxygens (including phenoxy) is 2. The van der Waals surface area contributed by atoms with Crippen LogP contribution in [0.5, 0.6) is 11.5 Å². The van der Waals surface area contributed by atoms with Crippen molar-refractivity contribution in [1.82, 2.24) is 9.78 Å². The predicted octanol–water partition coefficient (Wildman–Crippen LogP) is 6.91. The monoisotopic (exact) mass is 500 g/mol. The largest absolute Gasteiger partial charge is 0.497 e. The van der Waals surface area contributed by atoms with Crippen LogP contribution < -0.4 is 14.5 Å². The highest BCUT2D eigenvalue weighted by molar-refractivity contribution is 6.03. The highest BCUT2D eigenvalue weighted by Gasteiger charge is 2.33. The van der Waals surface area contributed by atoms with Crippen molar-refractivity contribution in [3.8, 4) is 28.4 Å². The molecule has 1 unspecified atom stereocenters. The minimum Gasteiger partial charge on any atom is -0.497 e. The van der Waals surface area contributed by atoms with Crippen LogP contribution in [0.4, 0.5) is 5.69 Å². The summed E-state index contributed by atoms with van der Waals surface area (Å²) in [5.74, 6) is 1.64. The van der Waals surface area contributed by atoms with E-state index in [1.807, 2.05) is 65.3 Å². The van der Waals surface area contributed by atoms with Crippen LogP contribution >= 0.6 is 0 Å². The van der Waals surface area contributed by atoms with E-state index in [0.29, 0.717) is 0 Å². The number of anilines is 1. The molecule has 0 amide bonds. The number of hydrogen-bond acceptors (Lipinski definition) is 5. The summed E-state index contributed by atoms with van der Waals surface area (Å²) in [5, 5.41) is 12.3. The lowest BCUT2D eigenvalue weighted by Crippen LogP contribution is -2.18. The van der Waals surface area contributed by atoms with Crippen LogP contribution in [0.25, 0.3) is 16.9 Å². The molecule has 0 bridgehead atoms. The van der Waals surface area contributed by atoms with Crippen LogP contribution in [0.2, 0.25) is 0 Å². The van der Waals surface area contributed by atoms with Gasteiger partial charge in [0.2, 0.25) is 0 Å². The number of hydrazone groups is 1. The van der Waals surface area contributed by atoms with Crippen LogP contribution in [-0.2, 0) is 0 Å². The Hall–Kier alpha value is -4.84. The smallest absolute Gasteiger partial charge is 0.118 e. The first-order chi connectivity index (χ1) is 18.7. The first-order valence-corrected chi connectivity index (χ1v) is 12.6. The van der Waals surface area contributed by atoms with Crippen LogP contribution in [0.1, 0.15) is 23.6 Å². The Kier molecular flexibility index (Phi) is 6.36. The normalized spacial score (nSPS) is 14.8. The topological polar surface area (TPSA) is 51.9 Å². The van der Waals surface area contributed by atoms with E-state index in [1.165, 1.54) is 0 Å². The van der Waals surface area contributed by atoms with Gasteiger partial charge in [-0.3, -0.25) is 5.01 Å². The van der Waals surface area contributed by atoms with E-state index in [2.05, 4.69) is 59.7 Å². The fraction of sp³-hybridized carbons (Fsp3) is 0.125. The number of hydrogen-bond donors (Lipinski definition) is 0. The van der Waals surface area contributed by atoms with Crippen molar-refractivity contribution in [1.29, 1.82) is 0 Å². The minimum atomic E-state index is -0.0379. The van der Waals surface area contributed by atoms with E-state index in [4.69, 9.17) is 19.7 Å². The van der Waals surface area contributed by atoms with Gasteiger partial charge >= 0.3 is 0 Å². The molecule has 0 fully saturated rings. The zero-order chi connectivity index (χ0) is 25.9. The standard InChI is InChI=1S/C32H28N4O2/c1-37-27-17-13-23(14-18-27)30-21-31(36(33-30)26-11-7-4-8-12-26)29-22-35(25-9-5-3-6-10-25)34-32(29)24-15-19-28(38-2)20-16-24/h3-20,22,31H,21H2,1-2H3. The molecule has 1 atom stereocenters. The van der Waals surface area contributed by atoms with E-state index in [0.717, 1.165) is 57.4 Å². The van der Waals surface area contributed by atoms with Gasteiger partial charge in [-0.25, -0.2) is 4.68 Å². The molecular weight excluding hydrogens is 472 g/mol. The summed E-state index contributed by atoms with van der Waals surface area (Å²) < 4.78 is 12.7. The Morgan fingerprint density at radius 1 is 0.658 bits per heavy atom. The molecule has 0 saturated carbocycles. The van der Waals surface area contributed by atoms with Gasteiger partial charge in [-0.15, -0.1) is 0 Å². The van der Waals surface area contributed by atoms with Gasteiger partial charge in [0.1, 0.15) is 11.5 Å². The third-order valence-corrected chi connectivity index (χ3v) is 6.84. The second-order valence-corrected chi connectivity index (χ2v) is 9.12. The van der Waals surface area contributed by atoms with Gasteiger partial charge in [0.25, 0.3) is 0 Å². The molecule has 0 N–H and O–H groups in total. The molecule has 0 spiro atoms. The summed E-state index contributed by atoms with van der Waals surface area (Å²) >= 11 is 0. The maximum Gasteiger partial charge on any atom is 0.118 e. The molecule has 6 rings (SSSR count). The molecule has 6 heteroatoms.